The zero-order valence-electron chi connectivity index (χ0n) is 12.3. The van der Waals surface area contributed by atoms with E-state index in [1.165, 1.54) is 16.9 Å². The Balaban J connectivity index is 1.77. The summed E-state index contributed by atoms with van der Waals surface area (Å²) in [5.41, 5.74) is 11.7. The molecule has 0 radical (unpaired) electrons. The second-order valence-electron chi connectivity index (χ2n) is 5.81. The summed E-state index contributed by atoms with van der Waals surface area (Å²) in [4.78, 5) is 4.09. The van der Waals surface area contributed by atoms with Crippen LogP contribution in [0.1, 0.15) is 30.5 Å². The number of hydrazone groups is 1. The van der Waals surface area contributed by atoms with Gasteiger partial charge in [0.15, 0.2) is 0 Å². The van der Waals surface area contributed by atoms with Crippen LogP contribution in [0.15, 0.2) is 22.6 Å². The van der Waals surface area contributed by atoms with E-state index in [-0.39, 0.29) is 5.60 Å². The maximum atomic E-state index is 5.97. The molecule has 0 aliphatic carbocycles. The minimum absolute atomic E-state index is 0.125. The summed E-state index contributed by atoms with van der Waals surface area (Å²) in [6, 6.07) is 4.19. The first-order chi connectivity index (χ1) is 9.93. The van der Waals surface area contributed by atoms with Gasteiger partial charge in [-0.25, -0.2) is 4.98 Å². The van der Waals surface area contributed by atoms with Crippen LogP contribution in [0.2, 0.25) is 0 Å². The van der Waals surface area contributed by atoms with Crippen molar-refractivity contribution in [2.75, 3.05) is 11.2 Å². The molecule has 3 N–H and O–H groups in total. The van der Waals surface area contributed by atoms with Crippen LogP contribution in [-0.4, -0.2) is 16.8 Å². The van der Waals surface area contributed by atoms with E-state index >= 15 is 0 Å². The summed E-state index contributed by atoms with van der Waals surface area (Å²) >= 11 is 1.43. The second kappa shape index (κ2) is 5.04. The molecule has 0 amide bonds. The molecule has 0 bridgehead atoms. The number of hydrogen-bond acceptors (Lipinski definition) is 6. The van der Waals surface area contributed by atoms with Crippen molar-refractivity contribution in [3.63, 3.8) is 0 Å². The number of anilines is 2. The number of aryl methyl sites for hydroxylation is 1. The van der Waals surface area contributed by atoms with Crippen molar-refractivity contribution in [3.8, 4) is 5.75 Å². The first-order valence-corrected chi connectivity index (χ1v) is 7.63. The largest absolute Gasteiger partial charge is 0.487 e. The number of hydrogen-bond donors (Lipinski definition) is 2. The maximum absolute atomic E-state index is 5.97. The lowest BCUT2D eigenvalue weighted by Gasteiger charge is -2.17. The number of rotatable bonds is 3. The molecule has 1 aliphatic heterocycles. The Labute approximate surface area is 127 Å². The molecular weight excluding hydrogens is 284 g/mol. The Kier molecular flexibility index (Phi) is 3.33. The summed E-state index contributed by atoms with van der Waals surface area (Å²) in [7, 11) is 0. The van der Waals surface area contributed by atoms with Gasteiger partial charge in [0.1, 0.15) is 17.2 Å². The number of nitrogen functional groups attached to an aromatic ring is 1. The molecule has 0 spiro atoms. The third kappa shape index (κ3) is 3.00. The zero-order chi connectivity index (χ0) is 15.0. The smallest absolute Gasteiger partial charge is 0.205 e. The molecule has 0 unspecified atom stereocenters. The third-order valence-corrected chi connectivity index (χ3v) is 4.03. The number of thiazole rings is 1. The van der Waals surface area contributed by atoms with Crippen molar-refractivity contribution in [1.29, 1.82) is 0 Å². The van der Waals surface area contributed by atoms with Crippen molar-refractivity contribution >= 4 is 28.5 Å². The molecule has 0 atom stereocenters. The van der Waals surface area contributed by atoms with E-state index in [2.05, 4.69) is 48.4 Å². The molecule has 2 heterocycles. The summed E-state index contributed by atoms with van der Waals surface area (Å²) < 4.78 is 5.97. The molecule has 0 saturated carbocycles. The predicted molar refractivity (Wildman–Crippen MR) is 87.3 cm³/mol. The van der Waals surface area contributed by atoms with Crippen LogP contribution >= 0.6 is 11.3 Å². The van der Waals surface area contributed by atoms with Crippen molar-refractivity contribution in [3.05, 3.63) is 34.2 Å². The fraction of sp³-hybridized carbons (Fsp3) is 0.333. The van der Waals surface area contributed by atoms with Crippen molar-refractivity contribution in [1.82, 2.24) is 4.98 Å². The average molecular weight is 302 g/mol. The fourth-order valence-corrected chi connectivity index (χ4v) is 3.05. The fourth-order valence-electron chi connectivity index (χ4n) is 2.50. The van der Waals surface area contributed by atoms with Gasteiger partial charge in [0, 0.05) is 11.8 Å². The second-order valence-corrected chi connectivity index (χ2v) is 6.67. The van der Waals surface area contributed by atoms with E-state index in [0.717, 1.165) is 23.3 Å². The number of nitrogens with two attached hydrogens (primary N) is 1. The summed E-state index contributed by atoms with van der Waals surface area (Å²) in [5, 5.41) is 6.67. The van der Waals surface area contributed by atoms with Crippen molar-refractivity contribution in [2.45, 2.75) is 32.8 Å². The van der Waals surface area contributed by atoms with Gasteiger partial charge in [-0.15, -0.1) is 11.3 Å². The van der Waals surface area contributed by atoms with Gasteiger partial charge in [-0.2, -0.15) is 5.10 Å². The summed E-state index contributed by atoms with van der Waals surface area (Å²) in [5.74, 6) is 1.52. The van der Waals surface area contributed by atoms with Gasteiger partial charge in [-0.05, 0) is 49.6 Å². The Morgan fingerprint density at radius 1 is 1.48 bits per heavy atom. The highest BCUT2D eigenvalue weighted by Crippen LogP contribution is 2.37. The Bertz CT molecular complexity index is 706. The lowest BCUT2D eigenvalue weighted by Crippen LogP contribution is -2.24. The van der Waals surface area contributed by atoms with Gasteiger partial charge in [0.25, 0.3) is 0 Å². The molecule has 5 nitrogen and oxygen atoms in total. The topological polar surface area (TPSA) is 72.5 Å². The van der Waals surface area contributed by atoms with Crippen LogP contribution < -0.4 is 15.9 Å². The summed E-state index contributed by atoms with van der Waals surface area (Å²) in [6.07, 6.45) is 2.71. The minimum atomic E-state index is -0.125. The molecule has 21 heavy (non-hydrogen) atoms. The molecule has 6 heteroatoms. The Morgan fingerprint density at radius 2 is 2.29 bits per heavy atom. The number of benzene rings is 1. The monoisotopic (exact) mass is 302 g/mol. The molecule has 1 aromatic heterocycles. The number of nitrogens with one attached hydrogen (secondary N) is 1. The van der Waals surface area contributed by atoms with Crippen molar-refractivity contribution in [2.24, 2.45) is 5.10 Å². The van der Waals surface area contributed by atoms with Crippen LogP contribution in [-0.2, 0) is 6.42 Å². The zero-order valence-corrected chi connectivity index (χ0v) is 13.1. The SMILES string of the molecule is Cc1cc(C=NNc2nc(N)cs2)cc2c1OC(C)(C)C2. The normalized spacial score (nSPS) is 16.0. The Hall–Kier alpha value is -2.08. The average Bonchev–Trinajstić information content (AvgIpc) is 2.92. The van der Waals surface area contributed by atoms with E-state index in [0.29, 0.717) is 10.9 Å². The molecule has 0 fully saturated rings. The van der Waals surface area contributed by atoms with Crippen molar-refractivity contribution < 1.29 is 4.74 Å². The number of ether oxygens (including phenoxy) is 1. The molecule has 3 rings (SSSR count). The van der Waals surface area contributed by atoms with Gasteiger partial charge in [-0.1, -0.05) is 0 Å². The van der Waals surface area contributed by atoms with Crippen LogP contribution in [0.4, 0.5) is 10.9 Å². The van der Waals surface area contributed by atoms with Crippen LogP contribution in [0.3, 0.4) is 0 Å². The van der Waals surface area contributed by atoms with E-state index in [1.54, 1.807) is 11.6 Å². The predicted octanol–water partition coefficient (Wildman–Crippen LogP) is 3.19. The molecule has 2 aromatic rings. The molecular formula is C15H18N4OS. The highest BCUT2D eigenvalue weighted by atomic mass is 32.1. The standard InChI is InChI=1S/C15H18N4OS/c1-9-4-10(5-11-6-15(2,3)20-13(9)11)7-17-19-14-18-12(16)8-21-14/h4-5,7-8H,6,16H2,1-3H3,(H,18,19). The van der Waals surface area contributed by atoms with E-state index in [9.17, 15) is 0 Å². The van der Waals surface area contributed by atoms with Crippen LogP contribution in [0.25, 0.3) is 0 Å². The molecule has 1 aliphatic rings. The van der Waals surface area contributed by atoms with Crippen LogP contribution in [0, 0.1) is 6.92 Å². The third-order valence-electron chi connectivity index (χ3n) is 3.26. The van der Waals surface area contributed by atoms with E-state index in [1.807, 2.05) is 0 Å². The summed E-state index contributed by atoms with van der Waals surface area (Å²) in [6.45, 7) is 6.27. The lowest BCUT2D eigenvalue weighted by atomic mass is 9.99. The first kappa shape index (κ1) is 13.9. The van der Waals surface area contributed by atoms with Crippen LogP contribution in [0.5, 0.6) is 5.75 Å². The maximum Gasteiger partial charge on any atom is 0.205 e. The van der Waals surface area contributed by atoms with Gasteiger partial charge >= 0.3 is 0 Å². The highest BCUT2D eigenvalue weighted by Gasteiger charge is 2.31. The quantitative estimate of drug-likeness (QED) is 0.674. The van der Waals surface area contributed by atoms with Gasteiger partial charge < -0.3 is 10.5 Å². The minimum Gasteiger partial charge on any atom is -0.487 e. The number of fused-ring (bicyclic) bond motifs is 1. The lowest BCUT2D eigenvalue weighted by molar-refractivity contribution is 0.137. The van der Waals surface area contributed by atoms with Gasteiger partial charge in [0.05, 0.1) is 6.21 Å². The number of aromatic nitrogens is 1. The molecule has 1 aromatic carbocycles. The van der Waals surface area contributed by atoms with Gasteiger partial charge in [0.2, 0.25) is 5.13 Å². The first-order valence-electron chi connectivity index (χ1n) is 6.75. The molecule has 0 saturated heterocycles. The Morgan fingerprint density at radius 3 is 3.00 bits per heavy atom. The highest BCUT2D eigenvalue weighted by molar-refractivity contribution is 7.14. The van der Waals surface area contributed by atoms with Gasteiger partial charge in [-0.3, -0.25) is 5.43 Å². The molecule has 110 valence electrons. The number of nitrogens with zero attached hydrogens (tertiary/aromatic N) is 2. The van der Waals surface area contributed by atoms with E-state index < -0.39 is 0 Å². The van der Waals surface area contributed by atoms with E-state index in [4.69, 9.17) is 10.5 Å².